The van der Waals surface area contributed by atoms with Crippen LogP contribution in [0.4, 0.5) is 0 Å². The lowest BCUT2D eigenvalue weighted by Crippen LogP contribution is -2.57. The number of nitrogens with zero attached hydrogens (tertiary/aromatic N) is 1. The van der Waals surface area contributed by atoms with Crippen molar-refractivity contribution in [2.45, 2.75) is 39.2 Å². The molecule has 1 atom stereocenters. The molecule has 0 saturated heterocycles. The zero-order valence-electron chi connectivity index (χ0n) is 11.3. The van der Waals surface area contributed by atoms with E-state index in [1.54, 1.807) is 0 Å². The fourth-order valence-electron chi connectivity index (χ4n) is 2.72. The minimum absolute atomic E-state index is 0.0572. The van der Waals surface area contributed by atoms with Crippen LogP contribution in [0.1, 0.15) is 33.6 Å². The molecular formula is C13H28N2O. The molecule has 0 amide bonds. The minimum Gasteiger partial charge on any atom is -0.394 e. The average Bonchev–Trinajstić information content (AvgIpc) is 2.98. The van der Waals surface area contributed by atoms with E-state index in [-0.39, 0.29) is 12.1 Å². The molecule has 3 nitrogen and oxygen atoms in total. The predicted octanol–water partition coefficient (Wildman–Crippen LogP) is 1.32. The van der Waals surface area contributed by atoms with Crippen molar-refractivity contribution < 1.29 is 5.11 Å². The van der Waals surface area contributed by atoms with Gasteiger partial charge in [0, 0.05) is 13.1 Å². The van der Waals surface area contributed by atoms with Gasteiger partial charge in [-0.2, -0.15) is 0 Å². The van der Waals surface area contributed by atoms with Gasteiger partial charge in [-0.15, -0.1) is 0 Å². The first-order valence-electron chi connectivity index (χ1n) is 6.58. The van der Waals surface area contributed by atoms with E-state index in [1.807, 2.05) is 0 Å². The molecular weight excluding hydrogens is 200 g/mol. The number of likely N-dealkylation sites (N-methyl/N-ethyl adjacent to an activating group) is 2. The molecule has 0 heterocycles. The molecule has 1 aliphatic rings. The van der Waals surface area contributed by atoms with Crippen molar-refractivity contribution in [3.63, 3.8) is 0 Å². The lowest BCUT2D eigenvalue weighted by molar-refractivity contribution is 0.0980. The maximum Gasteiger partial charge on any atom is 0.0628 e. The summed E-state index contributed by atoms with van der Waals surface area (Å²) < 4.78 is 0. The first kappa shape index (κ1) is 13.9. The summed E-state index contributed by atoms with van der Waals surface area (Å²) in [7, 11) is 2.16. The summed E-state index contributed by atoms with van der Waals surface area (Å²) >= 11 is 0. The van der Waals surface area contributed by atoms with Gasteiger partial charge in [0.15, 0.2) is 0 Å². The quantitative estimate of drug-likeness (QED) is 0.658. The summed E-state index contributed by atoms with van der Waals surface area (Å²) in [5.41, 5.74) is -0.0572. The predicted molar refractivity (Wildman–Crippen MR) is 68.6 cm³/mol. The number of nitrogens with one attached hydrogen (secondary N) is 1. The topological polar surface area (TPSA) is 35.5 Å². The molecule has 1 fully saturated rings. The zero-order chi connectivity index (χ0) is 12.2. The number of aliphatic hydroxyl groups is 1. The highest BCUT2D eigenvalue weighted by Crippen LogP contribution is 2.39. The largest absolute Gasteiger partial charge is 0.394 e. The Hall–Kier alpha value is -0.120. The Balaban J connectivity index is 2.54. The molecule has 3 heteroatoms. The van der Waals surface area contributed by atoms with Gasteiger partial charge in [0.1, 0.15) is 0 Å². The normalized spacial score (nSPS) is 20.4. The van der Waals surface area contributed by atoms with E-state index in [9.17, 15) is 5.11 Å². The van der Waals surface area contributed by atoms with E-state index in [4.69, 9.17) is 0 Å². The average molecular weight is 228 g/mol. The first-order chi connectivity index (χ1) is 7.54. The third kappa shape index (κ3) is 3.72. The fourth-order valence-corrected chi connectivity index (χ4v) is 2.72. The Morgan fingerprint density at radius 2 is 2.06 bits per heavy atom. The van der Waals surface area contributed by atoms with E-state index in [2.05, 4.69) is 38.0 Å². The number of rotatable bonds is 8. The summed E-state index contributed by atoms with van der Waals surface area (Å²) in [5, 5.41) is 13.2. The first-order valence-corrected chi connectivity index (χ1v) is 6.58. The second-order valence-corrected chi connectivity index (χ2v) is 5.71. The summed E-state index contributed by atoms with van der Waals surface area (Å²) in [4.78, 5) is 2.35. The van der Waals surface area contributed by atoms with E-state index in [0.29, 0.717) is 11.8 Å². The van der Waals surface area contributed by atoms with Crippen LogP contribution in [0, 0.1) is 11.8 Å². The van der Waals surface area contributed by atoms with Gasteiger partial charge in [0.25, 0.3) is 0 Å². The van der Waals surface area contributed by atoms with Gasteiger partial charge in [-0.05, 0) is 38.3 Å². The van der Waals surface area contributed by atoms with E-state index in [1.165, 1.54) is 12.8 Å². The molecule has 1 aliphatic carbocycles. The molecule has 2 N–H and O–H groups in total. The van der Waals surface area contributed by atoms with Crippen LogP contribution in [-0.2, 0) is 0 Å². The summed E-state index contributed by atoms with van der Waals surface area (Å²) in [5.74, 6) is 1.36. The molecule has 1 rings (SSSR count). The number of hydrogen-bond donors (Lipinski definition) is 2. The zero-order valence-corrected chi connectivity index (χ0v) is 11.3. The Bertz CT molecular complexity index is 204. The monoisotopic (exact) mass is 228 g/mol. The van der Waals surface area contributed by atoms with Crippen LogP contribution in [0.25, 0.3) is 0 Å². The lowest BCUT2D eigenvalue weighted by atomic mass is 9.93. The minimum atomic E-state index is -0.0572. The van der Waals surface area contributed by atoms with Crippen LogP contribution in [0.3, 0.4) is 0 Å². The van der Waals surface area contributed by atoms with Crippen LogP contribution in [0.15, 0.2) is 0 Å². The van der Waals surface area contributed by atoms with Crippen molar-refractivity contribution in [1.29, 1.82) is 0 Å². The van der Waals surface area contributed by atoms with Gasteiger partial charge >= 0.3 is 0 Å². The molecule has 16 heavy (non-hydrogen) atoms. The van der Waals surface area contributed by atoms with Crippen LogP contribution in [-0.4, -0.2) is 48.8 Å². The Morgan fingerprint density at radius 1 is 1.44 bits per heavy atom. The number of hydrogen-bond acceptors (Lipinski definition) is 3. The van der Waals surface area contributed by atoms with Crippen LogP contribution in [0.5, 0.6) is 0 Å². The lowest BCUT2D eigenvalue weighted by Gasteiger charge is -2.37. The van der Waals surface area contributed by atoms with Crippen molar-refractivity contribution in [3.05, 3.63) is 0 Å². The van der Waals surface area contributed by atoms with Crippen LogP contribution < -0.4 is 5.32 Å². The Kier molecular flexibility index (Phi) is 5.22. The van der Waals surface area contributed by atoms with E-state index >= 15 is 0 Å². The van der Waals surface area contributed by atoms with Gasteiger partial charge < -0.3 is 15.3 Å². The van der Waals surface area contributed by atoms with Crippen molar-refractivity contribution in [3.8, 4) is 0 Å². The summed E-state index contributed by atoms with van der Waals surface area (Å²) in [6.45, 7) is 9.85. The van der Waals surface area contributed by atoms with Gasteiger partial charge in [-0.3, -0.25) is 0 Å². The highest BCUT2D eigenvalue weighted by molar-refractivity contribution is 5.02. The molecule has 96 valence electrons. The van der Waals surface area contributed by atoms with Gasteiger partial charge in [-0.25, -0.2) is 0 Å². The number of aliphatic hydroxyl groups excluding tert-OH is 1. The maximum atomic E-state index is 9.71. The highest BCUT2D eigenvalue weighted by Gasteiger charge is 2.44. The second-order valence-electron chi connectivity index (χ2n) is 5.71. The Labute approximate surface area is 100 Å². The Morgan fingerprint density at radius 3 is 2.44 bits per heavy atom. The van der Waals surface area contributed by atoms with E-state index in [0.717, 1.165) is 19.6 Å². The molecule has 0 aromatic carbocycles. The van der Waals surface area contributed by atoms with Gasteiger partial charge in [0.05, 0.1) is 12.1 Å². The molecule has 0 bridgehead atoms. The van der Waals surface area contributed by atoms with Crippen LogP contribution in [0.2, 0.25) is 0 Å². The highest BCUT2D eigenvalue weighted by atomic mass is 16.3. The smallest absolute Gasteiger partial charge is 0.0628 e. The molecule has 1 saturated carbocycles. The molecule has 0 radical (unpaired) electrons. The summed E-state index contributed by atoms with van der Waals surface area (Å²) in [6, 6.07) is 0. The standard InChI is InChI=1S/C13H28N2O/c1-5-14-13(10-16,12-6-7-12)9-15(4)8-11(2)3/h11-12,14,16H,5-10H2,1-4H3. The second kappa shape index (κ2) is 5.99. The van der Waals surface area contributed by atoms with Crippen molar-refractivity contribution in [2.75, 3.05) is 33.3 Å². The maximum absolute atomic E-state index is 9.71. The van der Waals surface area contributed by atoms with Crippen molar-refractivity contribution >= 4 is 0 Å². The third-order valence-electron chi connectivity index (χ3n) is 3.40. The fraction of sp³-hybridized carbons (Fsp3) is 1.00. The van der Waals surface area contributed by atoms with E-state index < -0.39 is 0 Å². The summed E-state index contributed by atoms with van der Waals surface area (Å²) in [6.07, 6.45) is 2.53. The van der Waals surface area contributed by atoms with Gasteiger partial charge in [-0.1, -0.05) is 20.8 Å². The van der Waals surface area contributed by atoms with Crippen molar-refractivity contribution in [2.24, 2.45) is 11.8 Å². The molecule has 0 aliphatic heterocycles. The van der Waals surface area contributed by atoms with Gasteiger partial charge in [0.2, 0.25) is 0 Å². The molecule has 0 aromatic heterocycles. The molecule has 1 unspecified atom stereocenters. The molecule has 0 aromatic rings. The molecule has 0 spiro atoms. The SMILES string of the molecule is CCNC(CO)(CN(C)CC(C)C)C1CC1. The third-order valence-corrected chi connectivity index (χ3v) is 3.40. The van der Waals surface area contributed by atoms with Crippen molar-refractivity contribution in [1.82, 2.24) is 10.2 Å². The van der Waals surface area contributed by atoms with Crippen LogP contribution >= 0.6 is 0 Å².